The highest BCUT2D eigenvalue weighted by Gasteiger charge is 2.36. The van der Waals surface area contributed by atoms with Gasteiger partial charge in [0.2, 0.25) is 5.82 Å². The monoisotopic (exact) mass is 387 g/mol. The number of fused-ring (bicyclic) bond motifs is 1. The fourth-order valence-electron chi connectivity index (χ4n) is 2.42. The molecule has 0 bridgehead atoms. The van der Waals surface area contributed by atoms with Gasteiger partial charge in [0.05, 0.1) is 36.5 Å². The summed E-state index contributed by atoms with van der Waals surface area (Å²) in [6.07, 6.45) is 0. The minimum atomic E-state index is -2.26. The third kappa shape index (κ3) is 3.28. The average molecular weight is 387 g/mol. The first kappa shape index (κ1) is 18.9. The number of hydrogen-bond acceptors (Lipinski definition) is 4. The molecular weight excluding hydrogens is 377 g/mol. The molecule has 0 saturated carbocycles. The van der Waals surface area contributed by atoms with E-state index in [9.17, 15) is 31.5 Å². The van der Waals surface area contributed by atoms with Crippen molar-refractivity contribution in [3.63, 3.8) is 0 Å². The highest BCUT2D eigenvalue weighted by Crippen LogP contribution is 2.24. The molecular formula is C17H10F5NO4. The number of nitrogens with zero attached hydrogens (tertiary/aromatic N) is 1. The van der Waals surface area contributed by atoms with Gasteiger partial charge < -0.3 is 4.74 Å². The largest absolute Gasteiger partial charge is 0.374 e. The summed E-state index contributed by atoms with van der Waals surface area (Å²) in [7, 11) is 0. The molecule has 1 aliphatic heterocycles. The Hall–Kier alpha value is -2.85. The quantitative estimate of drug-likeness (QED) is 0.251. The Labute approximate surface area is 148 Å². The number of benzene rings is 2. The Morgan fingerprint density at radius 2 is 1.22 bits per heavy atom. The fourth-order valence-corrected chi connectivity index (χ4v) is 2.42. The van der Waals surface area contributed by atoms with Crippen LogP contribution in [0.4, 0.5) is 22.0 Å². The molecule has 1 aliphatic rings. The molecule has 0 fully saturated rings. The lowest BCUT2D eigenvalue weighted by atomic mass is 10.1. The van der Waals surface area contributed by atoms with Gasteiger partial charge in [0.25, 0.3) is 11.8 Å². The van der Waals surface area contributed by atoms with Crippen LogP contribution in [0.25, 0.3) is 0 Å². The van der Waals surface area contributed by atoms with Gasteiger partial charge >= 0.3 is 0 Å². The topological polar surface area (TPSA) is 55.8 Å². The molecule has 2 aromatic rings. The molecule has 0 spiro atoms. The summed E-state index contributed by atoms with van der Waals surface area (Å²) in [5, 5.41) is 0.506. The van der Waals surface area contributed by atoms with Crippen molar-refractivity contribution in [3.05, 3.63) is 70.0 Å². The van der Waals surface area contributed by atoms with E-state index in [1.807, 2.05) is 0 Å². The summed E-state index contributed by atoms with van der Waals surface area (Å²) in [6, 6.07) is 6.03. The standard InChI is InChI=1S/C17H10F5NO4/c18-11-10(12(19)14(21)15(22)13(11)20)7-26-5-6-27-23-16(24)8-3-1-2-4-9(8)17(23)25/h1-4H,5-7H2. The van der Waals surface area contributed by atoms with Crippen LogP contribution in [-0.2, 0) is 16.2 Å². The van der Waals surface area contributed by atoms with Gasteiger partial charge in [-0.1, -0.05) is 12.1 Å². The van der Waals surface area contributed by atoms with Crippen LogP contribution < -0.4 is 0 Å². The van der Waals surface area contributed by atoms with Crippen LogP contribution in [0.5, 0.6) is 0 Å². The van der Waals surface area contributed by atoms with Crippen LogP contribution in [0.15, 0.2) is 24.3 Å². The molecule has 2 aromatic carbocycles. The number of hydrogen-bond donors (Lipinski definition) is 0. The molecule has 0 aromatic heterocycles. The SMILES string of the molecule is O=C1c2ccccc2C(=O)N1OCCOCc1c(F)c(F)c(F)c(F)c1F. The maximum atomic E-state index is 13.5. The number of carbonyl (C=O) groups is 2. The molecule has 10 heteroatoms. The van der Waals surface area contributed by atoms with Crippen molar-refractivity contribution in [2.75, 3.05) is 13.2 Å². The number of imide groups is 1. The van der Waals surface area contributed by atoms with Gasteiger partial charge in [-0.15, -0.1) is 5.06 Å². The summed E-state index contributed by atoms with van der Waals surface area (Å²) < 4.78 is 70.9. The number of amides is 2. The van der Waals surface area contributed by atoms with Crippen LogP contribution in [0.2, 0.25) is 0 Å². The van der Waals surface area contributed by atoms with Gasteiger partial charge in [-0.05, 0) is 12.1 Å². The Balaban J connectivity index is 1.56. The summed E-state index contributed by atoms with van der Waals surface area (Å²) in [4.78, 5) is 29.0. The second-order valence-corrected chi connectivity index (χ2v) is 5.38. The molecule has 0 saturated heterocycles. The Kier molecular flexibility index (Phi) is 5.19. The maximum Gasteiger partial charge on any atom is 0.285 e. The van der Waals surface area contributed by atoms with Gasteiger partial charge in [0, 0.05) is 0 Å². The number of rotatable bonds is 6. The average Bonchev–Trinajstić information content (AvgIpc) is 2.92. The van der Waals surface area contributed by atoms with Gasteiger partial charge in [0.15, 0.2) is 23.3 Å². The molecule has 1 heterocycles. The molecule has 142 valence electrons. The number of carbonyl (C=O) groups excluding carboxylic acids is 2. The van der Waals surface area contributed by atoms with Gasteiger partial charge in [0.1, 0.15) is 0 Å². The molecule has 0 unspecified atom stereocenters. The lowest BCUT2D eigenvalue weighted by molar-refractivity contribution is -0.107. The van der Waals surface area contributed by atoms with E-state index in [4.69, 9.17) is 9.57 Å². The van der Waals surface area contributed by atoms with E-state index in [-0.39, 0.29) is 24.3 Å². The van der Waals surface area contributed by atoms with Gasteiger partial charge in [-0.3, -0.25) is 14.4 Å². The highest BCUT2D eigenvalue weighted by molar-refractivity contribution is 6.20. The van der Waals surface area contributed by atoms with Crippen molar-refractivity contribution in [1.29, 1.82) is 0 Å². The third-order valence-corrected chi connectivity index (χ3v) is 3.75. The first-order valence-corrected chi connectivity index (χ1v) is 7.53. The van der Waals surface area contributed by atoms with Crippen molar-refractivity contribution >= 4 is 11.8 Å². The van der Waals surface area contributed by atoms with E-state index in [1.165, 1.54) is 12.1 Å². The van der Waals surface area contributed by atoms with Crippen LogP contribution in [-0.4, -0.2) is 30.1 Å². The summed E-state index contributed by atoms with van der Waals surface area (Å²) in [6.45, 7) is -1.68. The Bertz CT molecular complexity index is 870. The van der Waals surface area contributed by atoms with Gasteiger partial charge in [-0.2, -0.15) is 0 Å². The Morgan fingerprint density at radius 1 is 0.741 bits per heavy atom. The molecule has 0 radical (unpaired) electrons. The van der Waals surface area contributed by atoms with E-state index >= 15 is 0 Å². The van der Waals surface area contributed by atoms with E-state index < -0.39 is 53.1 Å². The first-order valence-electron chi connectivity index (χ1n) is 7.53. The molecule has 3 rings (SSSR count). The summed E-state index contributed by atoms with van der Waals surface area (Å²) >= 11 is 0. The third-order valence-electron chi connectivity index (χ3n) is 3.75. The van der Waals surface area contributed by atoms with Crippen molar-refractivity contribution in [2.45, 2.75) is 6.61 Å². The number of hydroxylamine groups is 2. The highest BCUT2D eigenvalue weighted by atomic mass is 19.2. The Morgan fingerprint density at radius 3 is 1.74 bits per heavy atom. The maximum absolute atomic E-state index is 13.5. The van der Waals surface area contributed by atoms with Crippen molar-refractivity contribution < 1.29 is 41.1 Å². The molecule has 27 heavy (non-hydrogen) atoms. The van der Waals surface area contributed by atoms with E-state index in [0.717, 1.165) is 0 Å². The zero-order chi connectivity index (χ0) is 19.7. The lowest BCUT2D eigenvalue weighted by Crippen LogP contribution is -2.31. The van der Waals surface area contributed by atoms with E-state index in [0.29, 0.717) is 5.06 Å². The van der Waals surface area contributed by atoms with Crippen molar-refractivity contribution in [3.8, 4) is 0 Å². The first-order chi connectivity index (χ1) is 12.8. The second kappa shape index (κ2) is 7.41. The van der Waals surface area contributed by atoms with Crippen LogP contribution in [0.1, 0.15) is 26.3 Å². The normalized spacial score (nSPS) is 13.4. The van der Waals surface area contributed by atoms with Crippen LogP contribution in [0, 0.1) is 29.1 Å². The minimum absolute atomic E-state index is 0.157. The molecule has 0 N–H and O–H groups in total. The number of halogens is 5. The molecule has 0 aliphatic carbocycles. The zero-order valence-corrected chi connectivity index (χ0v) is 13.4. The smallest absolute Gasteiger partial charge is 0.285 e. The van der Waals surface area contributed by atoms with Crippen LogP contribution >= 0.6 is 0 Å². The fraction of sp³-hybridized carbons (Fsp3) is 0.176. The second-order valence-electron chi connectivity index (χ2n) is 5.38. The van der Waals surface area contributed by atoms with Crippen molar-refractivity contribution in [2.24, 2.45) is 0 Å². The zero-order valence-electron chi connectivity index (χ0n) is 13.4. The van der Waals surface area contributed by atoms with Crippen LogP contribution in [0.3, 0.4) is 0 Å². The predicted molar refractivity (Wildman–Crippen MR) is 78.8 cm³/mol. The summed E-state index contributed by atoms with van der Waals surface area (Å²) in [5.41, 5.74) is -0.818. The lowest BCUT2D eigenvalue weighted by Gasteiger charge is -2.13. The van der Waals surface area contributed by atoms with Gasteiger partial charge in [-0.25, -0.2) is 22.0 Å². The molecule has 5 nitrogen and oxygen atoms in total. The molecule has 2 amide bonds. The number of ether oxygens (including phenoxy) is 1. The van der Waals surface area contributed by atoms with E-state index in [1.54, 1.807) is 12.1 Å². The van der Waals surface area contributed by atoms with Crippen molar-refractivity contribution in [1.82, 2.24) is 5.06 Å². The minimum Gasteiger partial charge on any atom is -0.374 e. The molecule has 0 atom stereocenters. The summed E-state index contributed by atoms with van der Waals surface area (Å²) in [5.74, 6) is -11.8. The predicted octanol–water partition coefficient (Wildman–Crippen LogP) is 3.13. The van der Waals surface area contributed by atoms with E-state index in [2.05, 4.69) is 0 Å².